The second-order valence-corrected chi connectivity index (χ2v) is 7.80. The fourth-order valence-corrected chi connectivity index (χ4v) is 3.55. The Bertz CT molecular complexity index is 1040. The number of hydrogen-bond acceptors (Lipinski definition) is 5. The van der Waals surface area contributed by atoms with Gasteiger partial charge in [-0.25, -0.2) is 9.37 Å². The molecule has 0 bridgehead atoms. The molecule has 3 aromatic rings. The first kappa shape index (κ1) is 17.3. The number of benzene rings is 1. The highest BCUT2D eigenvalue weighted by Crippen LogP contribution is 2.43. The van der Waals surface area contributed by atoms with E-state index in [1.165, 1.54) is 12.1 Å². The van der Waals surface area contributed by atoms with E-state index >= 15 is 0 Å². The second kappa shape index (κ2) is 6.67. The third-order valence-electron chi connectivity index (χ3n) is 5.55. The first-order valence-electron chi connectivity index (χ1n) is 9.70. The third kappa shape index (κ3) is 3.26. The molecular weight excluding hydrogens is 359 g/mol. The van der Waals surface area contributed by atoms with Crippen molar-refractivity contribution in [3.63, 3.8) is 0 Å². The van der Waals surface area contributed by atoms with Gasteiger partial charge in [-0.3, -0.25) is 4.79 Å². The van der Waals surface area contributed by atoms with Crippen LogP contribution in [0.2, 0.25) is 0 Å². The molecule has 1 unspecified atom stereocenters. The molecule has 1 atom stereocenters. The van der Waals surface area contributed by atoms with Crippen LogP contribution in [0.1, 0.15) is 47.7 Å². The molecule has 6 nitrogen and oxygen atoms in total. The summed E-state index contributed by atoms with van der Waals surface area (Å²) in [5.41, 5.74) is 8.99. The molecule has 0 spiro atoms. The van der Waals surface area contributed by atoms with Crippen molar-refractivity contribution < 1.29 is 13.7 Å². The smallest absolute Gasteiger partial charge is 0.259 e. The standard InChI is InChI=1S/C21H21FN4O2/c22-14-7-5-12(6-8-14)17-9-15(20(27)24-10-16(23)11-1-2-11)18-19(13-3-4-13)26-28-21(18)25-17/h5-9,11,13,16H,1-4,10,23H2,(H,24,27). The summed E-state index contributed by atoms with van der Waals surface area (Å²) in [5.74, 6) is 0.287. The molecule has 2 fully saturated rings. The van der Waals surface area contributed by atoms with E-state index in [9.17, 15) is 9.18 Å². The number of aromatic nitrogens is 2. The summed E-state index contributed by atoms with van der Waals surface area (Å²) < 4.78 is 18.7. The number of nitrogens with zero attached hydrogens (tertiary/aromatic N) is 2. The van der Waals surface area contributed by atoms with Gasteiger partial charge in [-0.1, -0.05) is 5.16 Å². The van der Waals surface area contributed by atoms with E-state index in [1.807, 2.05) is 0 Å². The van der Waals surface area contributed by atoms with E-state index in [4.69, 9.17) is 10.3 Å². The van der Waals surface area contributed by atoms with Crippen LogP contribution < -0.4 is 11.1 Å². The SMILES string of the molecule is NC(CNC(=O)c1cc(-c2ccc(F)cc2)nc2onc(C3CC3)c12)C1CC1. The van der Waals surface area contributed by atoms with Crippen LogP contribution in [0.15, 0.2) is 34.9 Å². The Morgan fingerprint density at radius 2 is 2.00 bits per heavy atom. The molecule has 2 aliphatic rings. The maximum atomic E-state index is 13.3. The molecule has 5 rings (SSSR count). The fraction of sp³-hybridized carbons (Fsp3) is 0.381. The first-order valence-corrected chi connectivity index (χ1v) is 9.70. The predicted molar refractivity (Wildman–Crippen MR) is 102 cm³/mol. The Morgan fingerprint density at radius 1 is 1.25 bits per heavy atom. The van der Waals surface area contributed by atoms with Crippen molar-refractivity contribution in [1.29, 1.82) is 0 Å². The molecule has 0 aliphatic heterocycles. The number of nitrogens with one attached hydrogen (secondary N) is 1. The minimum Gasteiger partial charge on any atom is -0.350 e. The Balaban J connectivity index is 1.54. The maximum Gasteiger partial charge on any atom is 0.259 e. The van der Waals surface area contributed by atoms with Crippen LogP contribution in [0, 0.1) is 11.7 Å². The number of amides is 1. The lowest BCUT2D eigenvalue weighted by molar-refractivity contribution is 0.0952. The summed E-state index contributed by atoms with van der Waals surface area (Å²) in [6.07, 6.45) is 4.33. The van der Waals surface area contributed by atoms with Crippen molar-refractivity contribution in [3.05, 3.63) is 47.4 Å². The van der Waals surface area contributed by atoms with E-state index in [2.05, 4.69) is 15.5 Å². The predicted octanol–water partition coefficient (Wildman–Crippen LogP) is 3.37. The van der Waals surface area contributed by atoms with E-state index in [0.29, 0.717) is 46.3 Å². The summed E-state index contributed by atoms with van der Waals surface area (Å²) in [5, 5.41) is 7.81. The highest BCUT2D eigenvalue weighted by molar-refractivity contribution is 6.07. The lowest BCUT2D eigenvalue weighted by Gasteiger charge is -2.13. The van der Waals surface area contributed by atoms with E-state index < -0.39 is 0 Å². The number of hydrogen-bond donors (Lipinski definition) is 2. The number of fused-ring (bicyclic) bond motifs is 1. The van der Waals surface area contributed by atoms with Crippen LogP contribution in [-0.4, -0.2) is 28.6 Å². The van der Waals surface area contributed by atoms with Crippen molar-refractivity contribution in [2.45, 2.75) is 37.6 Å². The molecule has 3 N–H and O–H groups in total. The molecule has 0 radical (unpaired) electrons. The summed E-state index contributed by atoms with van der Waals surface area (Å²) in [4.78, 5) is 17.5. The van der Waals surface area contributed by atoms with Crippen molar-refractivity contribution in [3.8, 4) is 11.3 Å². The highest BCUT2D eigenvalue weighted by atomic mass is 19.1. The molecule has 0 saturated heterocycles. The van der Waals surface area contributed by atoms with Gasteiger partial charge in [-0.2, -0.15) is 0 Å². The molecule has 2 aliphatic carbocycles. The van der Waals surface area contributed by atoms with Crippen LogP contribution in [0.3, 0.4) is 0 Å². The molecule has 144 valence electrons. The molecule has 1 aromatic carbocycles. The number of halogens is 1. The zero-order valence-electron chi connectivity index (χ0n) is 15.3. The lowest BCUT2D eigenvalue weighted by atomic mass is 10.0. The van der Waals surface area contributed by atoms with E-state index in [1.54, 1.807) is 18.2 Å². The van der Waals surface area contributed by atoms with Crippen LogP contribution in [-0.2, 0) is 0 Å². The summed E-state index contributed by atoms with van der Waals surface area (Å²) >= 11 is 0. The van der Waals surface area contributed by atoms with Gasteiger partial charge in [-0.05, 0) is 61.9 Å². The number of pyridine rings is 1. The fourth-order valence-electron chi connectivity index (χ4n) is 3.55. The van der Waals surface area contributed by atoms with Crippen molar-refractivity contribution in [2.24, 2.45) is 11.7 Å². The van der Waals surface area contributed by atoms with Crippen LogP contribution in [0.4, 0.5) is 4.39 Å². The average molecular weight is 380 g/mol. The van der Waals surface area contributed by atoms with Gasteiger partial charge < -0.3 is 15.6 Å². The molecule has 7 heteroatoms. The zero-order valence-corrected chi connectivity index (χ0v) is 15.3. The average Bonchev–Trinajstić information content (AvgIpc) is 3.63. The quantitative estimate of drug-likeness (QED) is 0.684. The van der Waals surface area contributed by atoms with E-state index in [0.717, 1.165) is 31.4 Å². The highest BCUT2D eigenvalue weighted by Gasteiger charge is 2.33. The zero-order chi connectivity index (χ0) is 19.3. The van der Waals surface area contributed by atoms with Gasteiger partial charge in [0.2, 0.25) is 0 Å². The second-order valence-electron chi connectivity index (χ2n) is 7.80. The Labute approximate surface area is 161 Å². The molecule has 2 heterocycles. The van der Waals surface area contributed by atoms with Crippen molar-refractivity contribution in [2.75, 3.05) is 6.54 Å². The molecule has 2 saturated carbocycles. The molecular formula is C21H21FN4O2. The first-order chi connectivity index (χ1) is 13.6. The monoisotopic (exact) mass is 380 g/mol. The molecule has 2 aromatic heterocycles. The van der Waals surface area contributed by atoms with Crippen LogP contribution >= 0.6 is 0 Å². The van der Waals surface area contributed by atoms with Gasteiger partial charge in [-0.15, -0.1) is 0 Å². The Morgan fingerprint density at radius 3 is 2.68 bits per heavy atom. The van der Waals surface area contributed by atoms with Gasteiger partial charge in [0, 0.05) is 24.1 Å². The van der Waals surface area contributed by atoms with Gasteiger partial charge in [0.15, 0.2) is 0 Å². The largest absolute Gasteiger partial charge is 0.350 e. The summed E-state index contributed by atoms with van der Waals surface area (Å²) in [7, 11) is 0. The van der Waals surface area contributed by atoms with Crippen LogP contribution in [0.5, 0.6) is 0 Å². The lowest BCUT2D eigenvalue weighted by Crippen LogP contribution is -2.38. The topological polar surface area (TPSA) is 94.0 Å². The minimum atomic E-state index is -0.326. The van der Waals surface area contributed by atoms with Gasteiger partial charge in [0.1, 0.15) is 5.82 Å². The third-order valence-corrected chi connectivity index (χ3v) is 5.55. The Hall–Kier alpha value is -2.80. The normalized spacial score (nSPS) is 17.6. The summed E-state index contributed by atoms with van der Waals surface area (Å²) in [6.45, 7) is 0.434. The van der Waals surface area contributed by atoms with Crippen molar-refractivity contribution >= 4 is 17.0 Å². The maximum absolute atomic E-state index is 13.3. The molecule has 1 amide bonds. The minimum absolute atomic E-state index is 0.0248. The van der Waals surface area contributed by atoms with Crippen LogP contribution in [0.25, 0.3) is 22.4 Å². The number of nitrogens with two attached hydrogens (primary N) is 1. The number of carbonyl (C=O) groups excluding carboxylic acids is 1. The van der Waals surface area contributed by atoms with Gasteiger partial charge in [0.05, 0.1) is 22.3 Å². The van der Waals surface area contributed by atoms with Gasteiger partial charge >= 0.3 is 0 Å². The van der Waals surface area contributed by atoms with E-state index in [-0.39, 0.29) is 17.8 Å². The van der Waals surface area contributed by atoms with Gasteiger partial charge in [0.25, 0.3) is 11.6 Å². The Kier molecular flexibility index (Phi) is 4.12. The summed E-state index contributed by atoms with van der Waals surface area (Å²) in [6, 6.07) is 7.70. The molecule has 28 heavy (non-hydrogen) atoms. The number of rotatable bonds is 6. The van der Waals surface area contributed by atoms with Crippen molar-refractivity contribution in [1.82, 2.24) is 15.5 Å². The number of carbonyl (C=O) groups is 1.